The Hall–Kier alpha value is -1.32. The molecule has 2 aromatic rings. The SMILES string of the molecule is Cc1cc(Oc2cccc(CNC(C)C)c2)ccc1Br. The fourth-order valence-electron chi connectivity index (χ4n) is 1.86. The highest BCUT2D eigenvalue weighted by atomic mass is 79.9. The van der Waals surface area contributed by atoms with Crippen LogP contribution in [0.5, 0.6) is 11.5 Å². The van der Waals surface area contributed by atoms with E-state index in [2.05, 4.69) is 54.2 Å². The van der Waals surface area contributed by atoms with Crippen LogP contribution in [0.2, 0.25) is 0 Å². The zero-order valence-electron chi connectivity index (χ0n) is 12.1. The van der Waals surface area contributed by atoms with Crippen LogP contribution in [0, 0.1) is 6.92 Å². The molecule has 0 atom stereocenters. The van der Waals surface area contributed by atoms with Crippen molar-refractivity contribution in [3.05, 3.63) is 58.1 Å². The summed E-state index contributed by atoms with van der Waals surface area (Å²) in [5, 5.41) is 3.41. The van der Waals surface area contributed by atoms with Crippen molar-refractivity contribution in [2.75, 3.05) is 0 Å². The van der Waals surface area contributed by atoms with Crippen molar-refractivity contribution >= 4 is 15.9 Å². The molecule has 2 rings (SSSR count). The number of halogens is 1. The predicted molar refractivity (Wildman–Crippen MR) is 87.4 cm³/mol. The van der Waals surface area contributed by atoms with Crippen molar-refractivity contribution in [2.45, 2.75) is 33.4 Å². The predicted octanol–water partition coefficient (Wildman–Crippen LogP) is 5.05. The van der Waals surface area contributed by atoms with Crippen LogP contribution in [0.15, 0.2) is 46.9 Å². The minimum absolute atomic E-state index is 0.480. The van der Waals surface area contributed by atoms with Crippen molar-refractivity contribution in [3.8, 4) is 11.5 Å². The molecule has 0 aliphatic carbocycles. The molecule has 20 heavy (non-hydrogen) atoms. The lowest BCUT2D eigenvalue weighted by Gasteiger charge is -2.11. The number of benzene rings is 2. The lowest BCUT2D eigenvalue weighted by atomic mass is 10.2. The van der Waals surface area contributed by atoms with Crippen molar-refractivity contribution < 1.29 is 4.74 Å². The molecule has 3 heteroatoms. The Morgan fingerprint density at radius 1 is 1.10 bits per heavy atom. The number of hydrogen-bond acceptors (Lipinski definition) is 2. The minimum atomic E-state index is 0.480. The third kappa shape index (κ3) is 4.36. The van der Waals surface area contributed by atoms with E-state index in [1.54, 1.807) is 0 Å². The molecule has 0 unspecified atom stereocenters. The molecule has 2 aromatic carbocycles. The van der Waals surface area contributed by atoms with Gasteiger partial charge in [-0.15, -0.1) is 0 Å². The second-order valence-electron chi connectivity index (χ2n) is 5.20. The highest BCUT2D eigenvalue weighted by molar-refractivity contribution is 9.10. The maximum atomic E-state index is 5.91. The molecule has 0 saturated carbocycles. The summed E-state index contributed by atoms with van der Waals surface area (Å²) in [5.74, 6) is 1.73. The molecule has 0 spiro atoms. The molecule has 0 saturated heterocycles. The van der Waals surface area contributed by atoms with Crippen LogP contribution in [0.1, 0.15) is 25.0 Å². The number of hydrogen-bond donors (Lipinski definition) is 1. The normalized spacial score (nSPS) is 10.8. The highest BCUT2D eigenvalue weighted by Crippen LogP contribution is 2.26. The fourth-order valence-corrected chi connectivity index (χ4v) is 2.10. The molecule has 106 valence electrons. The first-order valence-corrected chi connectivity index (χ1v) is 7.60. The molecule has 0 aliphatic rings. The summed E-state index contributed by atoms with van der Waals surface area (Å²) in [6, 6.07) is 14.7. The molecule has 0 fully saturated rings. The van der Waals surface area contributed by atoms with Crippen LogP contribution >= 0.6 is 15.9 Å². The molecule has 1 N–H and O–H groups in total. The van der Waals surface area contributed by atoms with Gasteiger partial charge >= 0.3 is 0 Å². The summed E-state index contributed by atoms with van der Waals surface area (Å²) in [4.78, 5) is 0. The lowest BCUT2D eigenvalue weighted by molar-refractivity contribution is 0.480. The second kappa shape index (κ2) is 6.91. The van der Waals surface area contributed by atoms with E-state index in [1.807, 2.05) is 30.3 Å². The molecular weight excluding hydrogens is 314 g/mol. The van der Waals surface area contributed by atoms with Crippen LogP contribution in [0.3, 0.4) is 0 Å². The van der Waals surface area contributed by atoms with Gasteiger partial charge in [-0.05, 0) is 48.4 Å². The first-order chi connectivity index (χ1) is 9.54. The standard InChI is InChI=1S/C17H20BrNO/c1-12(2)19-11-14-5-4-6-15(10-14)20-16-7-8-17(18)13(3)9-16/h4-10,12,19H,11H2,1-3H3. The first-order valence-electron chi connectivity index (χ1n) is 6.81. The van der Waals surface area contributed by atoms with E-state index < -0.39 is 0 Å². The largest absolute Gasteiger partial charge is 0.457 e. The number of rotatable bonds is 5. The van der Waals surface area contributed by atoms with Gasteiger partial charge in [-0.1, -0.05) is 41.9 Å². The molecule has 0 radical (unpaired) electrons. The summed E-state index contributed by atoms with van der Waals surface area (Å²) in [7, 11) is 0. The lowest BCUT2D eigenvalue weighted by Crippen LogP contribution is -2.21. The molecule has 0 heterocycles. The molecule has 0 aliphatic heterocycles. The summed E-state index contributed by atoms with van der Waals surface area (Å²) < 4.78 is 7.01. The Bertz CT molecular complexity index is 581. The van der Waals surface area contributed by atoms with Gasteiger partial charge in [0.25, 0.3) is 0 Å². The van der Waals surface area contributed by atoms with Gasteiger partial charge < -0.3 is 10.1 Å². The quantitative estimate of drug-likeness (QED) is 0.826. The second-order valence-corrected chi connectivity index (χ2v) is 6.05. The molecular formula is C17H20BrNO. The van der Waals surface area contributed by atoms with Gasteiger partial charge in [0.2, 0.25) is 0 Å². The van der Waals surface area contributed by atoms with E-state index in [0.29, 0.717) is 6.04 Å². The maximum Gasteiger partial charge on any atom is 0.127 e. The molecule has 0 bridgehead atoms. The van der Waals surface area contributed by atoms with Gasteiger partial charge in [0.05, 0.1) is 0 Å². The summed E-state index contributed by atoms with van der Waals surface area (Å²) in [5.41, 5.74) is 2.39. The Labute approximate surface area is 129 Å². The number of nitrogens with one attached hydrogen (secondary N) is 1. The van der Waals surface area contributed by atoms with Crippen molar-refractivity contribution in [1.82, 2.24) is 5.32 Å². The van der Waals surface area contributed by atoms with E-state index >= 15 is 0 Å². The van der Waals surface area contributed by atoms with E-state index in [-0.39, 0.29) is 0 Å². The van der Waals surface area contributed by atoms with Gasteiger partial charge in [-0.25, -0.2) is 0 Å². The van der Waals surface area contributed by atoms with Gasteiger partial charge in [0, 0.05) is 17.1 Å². The minimum Gasteiger partial charge on any atom is -0.457 e. The smallest absolute Gasteiger partial charge is 0.127 e. The Morgan fingerprint density at radius 3 is 2.55 bits per heavy atom. The summed E-state index contributed by atoms with van der Waals surface area (Å²) in [6.45, 7) is 7.20. The topological polar surface area (TPSA) is 21.3 Å². The van der Waals surface area contributed by atoms with E-state index in [9.17, 15) is 0 Å². The van der Waals surface area contributed by atoms with Gasteiger partial charge in [-0.2, -0.15) is 0 Å². The van der Waals surface area contributed by atoms with Crippen molar-refractivity contribution in [1.29, 1.82) is 0 Å². The highest BCUT2D eigenvalue weighted by Gasteiger charge is 2.02. The van der Waals surface area contributed by atoms with Gasteiger partial charge in [-0.3, -0.25) is 0 Å². The fraction of sp³-hybridized carbons (Fsp3) is 0.294. The number of ether oxygens (including phenoxy) is 1. The van der Waals surface area contributed by atoms with E-state index in [1.165, 1.54) is 11.1 Å². The van der Waals surface area contributed by atoms with Crippen molar-refractivity contribution in [2.24, 2.45) is 0 Å². The van der Waals surface area contributed by atoms with Crippen LogP contribution in [-0.2, 0) is 6.54 Å². The Morgan fingerprint density at radius 2 is 1.85 bits per heavy atom. The van der Waals surface area contributed by atoms with E-state index in [4.69, 9.17) is 4.74 Å². The van der Waals surface area contributed by atoms with Crippen LogP contribution in [-0.4, -0.2) is 6.04 Å². The third-order valence-corrected chi connectivity index (χ3v) is 3.87. The molecule has 2 nitrogen and oxygen atoms in total. The van der Waals surface area contributed by atoms with Crippen LogP contribution in [0.25, 0.3) is 0 Å². The average molecular weight is 334 g/mol. The first kappa shape index (κ1) is 15.1. The zero-order chi connectivity index (χ0) is 14.5. The third-order valence-electron chi connectivity index (χ3n) is 2.98. The van der Waals surface area contributed by atoms with Gasteiger partial charge in [0.1, 0.15) is 11.5 Å². The maximum absolute atomic E-state index is 5.91. The van der Waals surface area contributed by atoms with Gasteiger partial charge in [0.15, 0.2) is 0 Å². The molecule has 0 amide bonds. The summed E-state index contributed by atoms with van der Waals surface area (Å²) in [6.07, 6.45) is 0. The Balaban J connectivity index is 2.08. The molecule has 0 aromatic heterocycles. The van der Waals surface area contributed by atoms with Crippen LogP contribution in [0.4, 0.5) is 0 Å². The van der Waals surface area contributed by atoms with Crippen LogP contribution < -0.4 is 10.1 Å². The zero-order valence-corrected chi connectivity index (χ0v) is 13.7. The summed E-state index contributed by atoms with van der Waals surface area (Å²) >= 11 is 3.50. The Kier molecular flexibility index (Phi) is 5.21. The monoisotopic (exact) mass is 333 g/mol. The average Bonchev–Trinajstić information content (AvgIpc) is 2.41. The van der Waals surface area contributed by atoms with E-state index in [0.717, 1.165) is 22.5 Å². The number of aryl methyl sites for hydroxylation is 1. The van der Waals surface area contributed by atoms with Crippen molar-refractivity contribution in [3.63, 3.8) is 0 Å².